The number of hydrogen-bond acceptors (Lipinski definition) is 3. The molecule has 0 radical (unpaired) electrons. The van der Waals surface area contributed by atoms with Crippen molar-refractivity contribution in [3.63, 3.8) is 0 Å². The first-order valence-electron chi connectivity index (χ1n) is 5.57. The summed E-state index contributed by atoms with van der Waals surface area (Å²) in [5.74, 6) is -2.59. The van der Waals surface area contributed by atoms with Crippen LogP contribution < -0.4 is 0 Å². The summed E-state index contributed by atoms with van der Waals surface area (Å²) in [7, 11) is 0. The number of amides is 1. The Balaban J connectivity index is 2.27. The van der Waals surface area contributed by atoms with Gasteiger partial charge in [-0.05, 0) is 18.2 Å². The zero-order valence-corrected chi connectivity index (χ0v) is 10.5. The first kappa shape index (κ1) is 13.8. The predicted molar refractivity (Wildman–Crippen MR) is 64.5 cm³/mol. The number of nitrogens with zero attached hydrogens (tertiary/aromatic N) is 1. The van der Waals surface area contributed by atoms with Gasteiger partial charge in [0.1, 0.15) is 11.9 Å². The van der Waals surface area contributed by atoms with Crippen molar-refractivity contribution in [2.45, 2.75) is 18.6 Å². The van der Waals surface area contributed by atoms with Gasteiger partial charge in [0.05, 0.1) is 11.1 Å². The molecule has 19 heavy (non-hydrogen) atoms. The van der Waals surface area contributed by atoms with E-state index in [-0.39, 0.29) is 23.6 Å². The number of carbonyl (C=O) groups is 2. The van der Waals surface area contributed by atoms with Gasteiger partial charge in [-0.2, -0.15) is 0 Å². The van der Waals surface area contributed by atoms with E-state index >= 15 is 0 Å². The largest absolute Gasteiger partial charge is 0.480 e. The van der Waals surface area contributed by atoms with Crippen molar-refractivity contribution < 1.29 is 24.2 Å². The number of likely N-dealkylation sites (tertiary alicyclic amines) is 1. The van der Waals surface area contributed by atoms with Gasteiger partial charge in [0, 0.05) is 18.5 Å². The van der Waals surface area contributed by atoms with Crippen LogP contribution in [0.4, 0.5) is 4.39 Å². The Bertz CT molecular complexity index is 536. The van der Waals surface area contributed by atoms with E-state index in [0.29, 0.717) is 0 Å². The summed E-state index contributed by atoms with van der Waals surface area (Å²) in [4.78, 5) is 24.2. The minimum absolute atomic E-state index is 0.00208. The van der Waals surface area contributed by atoms with Crippen molar-refractivity contribution in [1.29, 1.82) is 0 Å². The van der Waals surface area contributed by atoms with Gasteiger partial charge >= 0.3 is 5.97 Å². The van der Waals surface area contributed by atoms with Crippen molar-refractivity contribution in [3.05, 3.63) is 34.6 Å². The highest BCUT2D eigenvalue weighted by molar-refractivity contribution is 6.30. The van der Waals surface area contributed by atoms with Gasteiger partial charge in [0.25, 0.3) is 5.91 Å². The lowest BCUT2D eigenvalue weighted by Gasteiger charge is -2.21. The fourth-order valence-electron chi connectivity index (χ4n) is 2.07. The minimum atomic E-state index is -1.20. The van der Waals surface area contributed by atoms with Gasteiger partial charge in [-0.15, -0.1) is 0 Å². The zero-order chi connectivity index (χ0) is 14.2. The molecule has 1 heterocycles. The smallest absolute Gasteiger partial charge is 0.326 e. The van der Waals surface area contributed by atoms with E-state index in [1.807, 2.05) is 0 Å². The third-order valence-corrected chi connectivity index (χ3v) is 3.30. The number of halogens is 2. The van der Waals surface area contributed by atoms with Crippen LogP contribution in [0, 0.1) is 5.82 Å². The number of carboxylic acids is 1. The maximum absolute atomic E-state index is 13.3. The van der Waals surface area contributed by atoms with E-state index in [0.717, 1.165) is 11.0 Å². The Morgan fingerprint density at radius 3 is 2.68 bits per heavy atom. The highest BCUT2D eigenvalue weighted by Crippen LogP contribution is 2.23. The molecule has 102 valence electrons. The number of aliphatic hydroxyl groups is 1. The number of aliphatic hydroxyl groups excluding tert-OH is 1. The van der Waals surface area contributed by atoms with E-state index in [1.54, 1.807) is 0 Å². The van der Waals surface area contributed by atoms with Crippen LogP contribution in [-0.4, -0.2) is 45.7 Å². The quantitative estimate of drug-likeness (QED) is 0.855. The topological polar surface area (TPSA) is 77.8 Å². The Hall–Kier alpha value is -1.66. The first-order chi connectivity index (χ1) is 8.90. The molecule has 1 aliphatic rings. The molecule has 1 saturated heterocycles. The molecule has 1 aliphatic heterocycles. The molecule has 2 atom stereocenters. The molecule has 0 spiro atoms. The summed E-state index contributed by atoms with van der Waals surface area (Å²) in [6.45, 7) is -0.0833. The second-order valence-electron chi connectivity index (χ2n) is 4.33. The molecule has 1 fully saturated rings. The van der Waals surface area contributed by atoms with Crippen molar-refractivity contribution in [3.8, 4) is 0 Å². The molecule has 2 rings (SSSR count). The van der Waals surface area contributed by atoms with Crippen molar-refractivity contribution in [2.24, 2.45) is 0 Å². The average Bonchev–Trinajstić information content (AvgIpc) is 2.74. The molecular formula is C12H11ClFNO4. The molecule has 1 aromatic carbocycles. The minimum Gasteiger partial charge on any atom is -0.480 e. The molecular weight excluding hydrogens is 277 g/mol. The molecule has 2 unspecified atom stereocenters. The fourth-order valence-corrected chi connectivity index (χ4v) is 2.18. The molecule has 1 aromatic rings. The second kappa shape index (κ2) is 5.14. The van der Waals surface area contributed by atoms with Crippen LogP contribution in [-0.2, 0) is 4.79 Å². The van der Waals surface area contributed by atoms with Gasteiger partial charge in [-0.1, -0.05) is 11.6 Å². The van der Waals surface area contributed by atoms with Crippen LogP contribution >= 0.6 is 11.6 Å². The Morgan fingerprint density at radius 2 is 2.11 bits per heavy atom. The average molecular weight is 288 g/mol. The Kier molecular flexibility index (Phi) is 3.73. The third kappa shape index (κ3) is 2.69. The van der Waals surface area contributed by atoms with E-state index in [9.17, 15) is 19.1 Å². The Labute approximate surface area is 113 Å². The summed E-state index contributed by atoms with van der Waals surface area (Å²) >= 11 is 5.51. The van der Waals surface area contributed by atoms with Gasteiger partial charge in [0.15, 0.2) is 0 Å². The summed E-state index contributed by atoms with van der Waals surface area (Å²) in [5, 5.41) is 18.3. The molecule has 0 aromatic heterocycles. The number of aliphatic carboxylic acids is 1. The lowest BCUT2D eigenvalue weighted by atomic mass is 10.1. The molecule has 1 amide bonds. The van der Waals surface area contributed by atoms with Crippen LogP contribution in [0.2, 0.25) is 5.02 Å². The maximum Gasteiger partial charge on any atom is 0.326 e. The molecule has 0 bridgehead atoms. The normalized spacial score (nSPS) is 22.6. The summed E-state index contributed by atoms with van der Waals surface area (Å²) in [5.41, 5.74) is 0.00208. The van der Waals surface area contributed by atoms with E-state index in [2.05, 4.69) is 0 Å². The molecule has 7 heteroatoms. The van der Waals surface area contributed by atoms with E-state index in [4.69, 9.17) is 16.7 Å². The van der Waals surface area contributed by atoms with Gasteiger partial charge in [-0.3, -0.25) is 4.79 Å². The van der Waals surface area contributed by atoms with E-state index < -0.39 is 29.8 Å². The van der Waals surface area contributed by atoms with Crippen LogP contribution in [0.1, 0.15) is 16.8 Å². The molecule has 0 aliphatic carbocycles. The molecule has 2 N–H and O–H groups in total. The highest BCUT2D eigenvalue weighted by atomic mass is 35.5. The summed E-state index contributed by atoms with van der Waals surface area (Å²) < 4.78 is 13.3. The number of hydrogen-bond donors (Lipinski definition) is 2. The monoisotopic (exact) mass is 287 g/mol. The van der Waals surface area contributed by atoms with Crippen LogP contribution in [0.3, 0.4) is 0 Å². The van der Waals surface area contributed by atoms with E-state index in [1.165, 1.54) is 12.1 Å². The Morgan fingerprint density at radius 1 is 1.42 bits per heavy atom. The molecule has 0 saturated carbocycles. The SMILES string of the molecule is O=C(O)C1CC(O)CN1C(=O)c1ccc(Cl)c(F)c1. The fraction of sp³-hybridized carbons (Fsp3) is 0.333. The zero-order valence-electron chi connectivity index (χ0n) is 9.72. The maximum atomic E-state index is 13.3. The number of carbonyl (C=O) groups excluding carboxylic acids is 1. The van der Waals surface area contributed by atoms with Gasteiger partial charge in [-0.25, -0.2) is 9.18 Å². The van der Waals surface area contributed by atoms with Crippen LogP contribution in [0.5, 0.6) is 0 Å². The third-order valence-electron chi connectivity index (χ3n) is 2.99. The number of rotatable bonds is 2. The first-order valence-corrected chi connectivity index (χ1v) is 5.95. The highest BCUT2D eigenvalue weighted by Gasteiger charge is 2.39. The lowest BCUT2D eigenvalue weighted by molar-refractivity contribution is -0.141. The summed E-state index contributed by atoms with van der Waals surface area (Å²) in [6, 6.07) is 2.40. The van der Waals surface area contributed by atoms with Crippen molar-refractivity contribution in [2.75, 3.05) is 6.54 Å². The van der Waals surface area contributed by atoms with Crippen LogP contribution in [0.25, 0.3) is 0 Å². The van der Waals surface area contributed by atoms with Crippen molar-refractivity contribution in [1.82, 2.24) is 4.90 Å². The lowest BCUT2D eigenvalue weighted by Crippen LogP contribution is -2.40. The number of benzene rings is 1. The van der Waals surface area contributed by atoms with Gasteiger partial charge in [0.2, 0.25) is 0 Å². The molecule has 5 nitrogen and oxygen atoms in total. The second-order valence-corrected chi connectivity index (χ2v) is 4.74. The van der Waals surface area contributed by atoms with Gasteiger partial charge < -0.3 is 15.1 Å². The summed E-state index contributed by atoms with van der Waals surface area (Å²) in [6.07, 6.45) is -0.917. The van der Waals surface area contributed by atoms with Crippen LogP contribution in [0.15, 0.2) is 18.2 Å². The number of β-amino-alcohol motifs (C(OH)–C–C–N with tert-alkyl or cyclic N) is 1. The number of carboxylic acid groups (broad SMARTS) is 1. The van der Waals surface area contributed by atoms with Crippen molar-refractivity contribution >= 4 is 23.5 Å². The standard InChI is InChI=1S/C12H11ClFNO4/c13-8-2-1-6(3-9(8)14)11(17)15-5-7(16)4-10(15)12(18)19/h1-3,7,10,16H,4-5H2,(H,18,19). The predicted octanol–water partition coefficient (Wildman–Crippen LogP) is 1.14.